The quantitative estimate of drug-likeness (QED) is 0.862. The number of anilines is 1. The van der Waals surface area contributed by atoms with Crippen LogP contribution in [0.25, 0.3) is 0 Å². The zero-order chi connectivity index (χ0) is 15.0. The molecule has 2 N–H and O–H groups in total. The minimum Gasteiger partial charge on any atom is -0.398 e. The molecule has 3 rings (SSSR count). The van der Waals surface area contributed by atoms with Gasteiger partial charge in [0.15, 0.2) is 0 Å². The molecule has 1 aromatic carbocycles. The second-order valence-corrected chi connectivity index (χ2v) is 7.76. The monoisotopic (exact) mass is 301 g/mol. The van der Waals surface area contributed by atoms with Gasteiger partial charge in [0.1, 0.15) is 5.01 Å². The molecule has 0 atom stereocenters. The molecule has 0 bridgehead atoms. The molecule has 0 radical (unpaired) electrons. The van der Waals surface area contributed by atoms with E-state index in [1.54, 1.807) is 11.3 Å². The van der Waals surface area contributed by atoms with Crippen molar-refractivity contribution >= 4 is 17.0 Å². The average molecular weight is 301 g/mol. The summed E-state index contributed by atoms with van der Waals surface area (Å²) in [6.45, 7) is 9.58. The van der Waals surface area contributed by atoms with Gasteiger partial charge in [-0.05, 0) is 23.6 Å². The summed E-state index contributed by atoms with van der Waals surface area (Å²) >= 11 is 1.77. The number of thiazole rings is 1. The van der Waals surface area contributed by atoms with E-state index in [1.807, 2.05) is 6.07 Å². The molecule has 3 nitrogen and oxygen atoms in total. The maximum Gasteiger partial charge on any atom is 0.107 e. The summed E-state index contributed by atoms with van der Waals surface area (Å²) in [7, 11) is 0. The number of hydrogen-bond donors (Lipinski definition) is 1. The Morgan fingerprint density at radius 1 is 1.33 bits per heavy atom. The van der Waals surface area contributed by atoms with Crippen LogP contribution >= 0.6 is 11.3 Å². The van der Waals surface area contributed by atoms with Gasteiger partial charge in [-0.15, -0.1) is 11.3 Å². The first-order chi connectivity index (χ1) is 9.93. The normalized spacial score (nSPS) is 16.0. The number of nitrogens with two attached hydrogens (primary N) is 1. The lowest BCUT2D eigenvalue weighted by Crippen LogP contribution is -2.30. The van der Waals surface area contributed by atoms with Gasteiger partial charge in [-0.3, -0.25) is 4.90 Å². The first kappa shape index (κ1) is 14.5. The number of benzene rings is 1. The van der Waals surface area contributed by atoms with Crippen molar-refractivity contribution in [2.45, 2.75) is 45.7 Å². The van der Waals surface area contributed by atoms with E-state index < -0.39 is 0 Å². The highest BCUT2D eigenvalue weighted by atomic mass is 32.1. The van der Waals surface area contributed by atoms with Crippen molar-refractivity contribution in [3.05, 3.63) is 45.4 Å². The van der Waals surface area contributed by atoms with Crippen LogP contribution in [0.1, 0.15) is 42.6 Å². The molecule has 0 amide bonds. The van der Waals surface area contributed by atoms with E-state index in [-0.39, 0.29) is 5.41 Å². The summed E-state index contributed by atoms with van der Waals surface area (Å²) in [4.78, 5) is 7.25. The van der Waals surface area contributed by atoms with Crippen LogP contribution in [0.15, 0.2) is 23.6 Å². The van der Waals surface area contributed by atoms with Crippen LogP contribution in [0.5, 0.6) is 0 Å². The largest absolute Gasteiger partial charge is 0.398 e. The number of aromatic nitrogens is 1. The van der Waals surface area contributed by atoms with E-state index in [1.165, 1.54) is 21.8 Å². The molecule has 0 fully saturated rings. The minimum atomic E-state index is 0.133. The molecule has 0 aliphatic carbocycles. The third-order valence-corrected chi connectivity index (χ3v) is 4.90. The van der Waals surface area contributed by atoms with Crippen molar-refractivity contribution in [3.63, 3.8) is 0 Å². The molecular weight excluding hydrogens is 278 g/mol. The van der Waals surface area contributed by atoms with Gasteiger partial charge in [-0.1, -0.05) is 32.9 Å². The predicted octanol–water partition coefficient (Wildman–Crippen LogP) is 3.58. The Morgan fingerprint density at radius 3 is 2.86 bits per heavy atom. The Bertz CT molecular complexity index is 640. The van der Waals surface area contributed by atoms with E-state index in [0.717, 1.165) is 31.7 Å². The van der Waals surface area contributed by atoms with Crippen molar-refractivity contribution in [3.8, 4) is 0 Å². The van der Waals surface area contributed by atoms with Gasteiger partial charge in [0.05, 0.1) is 12.2 Å². The van der Waals surface area contributed by atoms with E-state index in [0.29, 0.717) is 0 Å². The zero-order valence-corrected chi connectivity index (χ0v) is 13.8. The van der Waals surface area contributed by atoms with Crippen molar-refractivity contribution in [2.75, 3.05) is 12.3 Å². The fourth-order valence-electron chi connectivity index (χ4n) is 2.72. The summed E-state index contributed by atoms with van der Waals surface area (Å²) in [5, 5.41) is 3.40. The first-order valence-corrected chi connectivity index (χ1v) is 8.35. The second kappa shape index (κ2) is 5.43. The summed E-state index contributed by atoms with van der Waals surface area (Å²) in [6, 6.07) is 6.26. The lowest BCUT2D eigenvalue weighted by Gasteiger charge is -2.28. The molecule has 1 aromatic heterocycles. The SMILES string of the molecule is CC(C)(C)c1csc(CN2CCc3cccc(N)c3C2)n1. The summed E-state index contributed by atoms with van der Waals surface area (Å²) in [5.41, 5.74) is 11.1. The Labute approximate surface area is 130 Å². The van der Waals surface area contributed by atoms with Crippen LogP contribution in [0.4, 0.5) is 5.69 Å². The van der Waals surface area contributed by atoms with Crippen molar-refractivity contribution in [1.82, 2.24) is 9.88 Å². The van der Waals surface area contributed by atoms with Crippen LogP contribution in [-0.2, 0) is 24.9 Å². The molecule has 1 aliphatic heterocycles. The highest BCUT2D eigenvalue weighted by Crippen LogP contribution is 2.28. The van der Waals surface area contributed by atoms with E-state index in [4.69, 9.17) is 10.7 Å². The summed E-state index contributed by atoms with van der Waals surface area (Å²) < 4.78 is 0. The topological polar surface area (TPSA) is 42.1 Å². The zero-order valence-electron chi connectivity index (χ0n) is 13.0. The number of rotatable bonds is 2. The number of fused-ring (bicyclic) bond motifs is 1. The van der Waals surface area contributed by atoms with Crippen LogP contribution < -0.4 is 5.73 Å². The lowest BCUT2D eigenvalue weighted by atomic mass is 9.93. The molecule has 112 valence electrons. The minimum absolute atomic E-state index is 0.133. The van der Waals surface area contributed by atoms with E-state index in [2.05, 4.69) is 43.2 Å². The van der Waals surface area contributed by atoms with Gasteiger partial charge in [-0.25, -0.2) is 4.98 Å². The Morgan fingerprint density at radius 2 is 2.14 bits per heavy atom. The predicted molar refractivity (Wildman–Crippen MR) is 89.5 cm³/mol. The van der Waals surface area contributed by atoms with Gasteiger partial charge in [0.25, 0.3) is 0 Å². The van der Waals surface area contributed by atoms with Crippen molar-refractivity contribution < 1.29 is 0 Å². The Balaban J connectivity index is 1.73. The highest BCUT2D eigenvalue weighted by molar-refractivity contribution is 7.09. The molecule has 4 heteroatoms. The van der Waals surface area contributed by atoms with Crippen LogP contribution in [0.3, 0.4) is 0 Å². The van der Waals surface area contributed by atoms with E-state index in [9.17, 15) is 0 Å². The lowest BCUT2D eigenvalue weighted by molar-refractivity contribution is 0.245. The molecule has 0 unspecified atom stereocenters. The molecule has 0 saturated heterocycles. The van der Waals surface area contributed by atoms with Gasteiger partial charge in [-0.2, -0.15) is 0 Å². The third kappa shape index (κ3) is 3.11. The van der Waals surface area contributed by atoms with Crippen molar-refractivity contribution in [2.24, 2.45) is 0 Å². The van der Waals surface area contributed by atoms with Gasteiger partial charge < -0.3 is 5.73 Å². The Kier molecular flexibility index (Phi) is 3.76. The molecule has 21 heavy (non-hydrogen) atoms. The fraction of sp³-hybridized carbons (Fsp3) is 0.471. The van der Waals surface area contributed by atoms with Crippen LogP contribution in [0.2, 0.25) is 0 Å². The number of hydrogen-bond acceptors (Lipinski definition) is 4. The second-order valence-electron chi connectivity index (χ2n) is 6.82. The molecule has 0 saturated carbocycles. The third-order valence-electron chi connectivity index (χ3n) is 4.07. The standard InChI is InChI=1S/C17H23N3S/c1-17(2,3)15-11-21-16(19-15)10-20-8-7-12-5-4-6-14(18)13(12)9-20/h4-6,11H,7-10,18H2,1-3H3. The maximum atomic E-state index is 6.12. The number of nitrogen functional groups attached to an aromatic ring is 1. The molecule has 2 aromatic rings. The Hall–Kier alpha value is -1.39. The average Bonchev–Trinajstić information content (AvgIpc) is 2.88. The fourth-order valence-corrected chi connectivity index (χ4v) is 3.78. The molecule has 2 heterocycles. The molecule has 1 aliphatic rings. The first-order valence-electron chi connectivity index (χ1n) is 7.47. The van der Waals surface area contributed by atoms with Crippen LogP contribution in [-0.4, -0.2) is 16.4 Å². The smallest absolute Gasteiger partial charge is 0.107 e. The van der Waals surface area contributed by atoms with Gasteiger partial charge >= 0.3 is 0 Å². The number of nitrogens with zero attached hydrogens (tertiary/aromatic N) is 2. The van der Waals surface area contributed by atoms with E-state index >= 15 is 0 Å². The van der Waals surface area contributed by atoms with Crippen LogP contribution in [0, 0.1) is 0 Å². The van der Waals surface area contributed by atoms with Gasteiger partial charge in [0, 0.05) is 29.6 Å². The highest BCUT2D eigenvalue weighted by Gasteiger charge is 2.21. The summed E-state index contributed by atoms with van der Waals surface area (Å²) in [6.07, 6.45) is 1.08. The maximum absolute atomic E-state index is 6.12. The molecular formula is C17H23N3S. The molecule has 0 spiro atoms. The summed E-state index contributed by atoms with van der Waals surface area (Å²) in [5.74, 6) is 0. The van der Waals surface area contributed by atoms with Crippen molar-refractivity contribution in [1.29, 1.82) is 0 Å². The van der Waals surface area contributed by atoms with Gasteiger partial charge in [0.2, 0.25) is 0 Å².